The highest BCUT2D eigenvalue weighted by Crippen LogP contribution is 2.46. The zero-order valence-corrected chi connectivity index (χ0v) is 27.1. The smallest absolute Gasteiger partial charge is 0.227 e. The van der Waals surface area contributed by atoms with Crippen molar-refractivity contribution in [3.05, 3.63) is 141 Å². The van der Waals surface area contributed by atoms with Crippen LogP contribution in [0.3, 0.4) is 0 Å². The molecule has 3 heterocycles. The summed E-state index contributed by atoms with van der Waals surface area (Å²) in [5, 5.41) is 1.02. The Kier molecular flexibility index (Phi) is 8.13. The van der Waals surface area contributed by atoms with Crippen LogP contribution in [-0.2, 0) is 17.4 Å². The summed E-state index contributed by atoms with van der Waals surface area (Å²) in [7, 11) is 3.61. The van der Waals surface area contributed by atoms with Gasteiger partial charge in [-0.2, -0.15) is 0 Å². The van der Waals surface area contributed by atoms with Crippen LogP contribution in [-0.4, -0.2) is 51.3 Å². The van der Waals surface area contributed by atoms with Crippen molar-refractivity contribution < 1.29 is 9.53 Å². The lowest BCUT2D eigenvalue weighted by molar-refractivity contribution is -0.131. The molecule has 0 radical (unpaired) electrons. The quantitative estimate of drug-likeness (QED) is 0.139. The normalized spacial score (nSPS) is 19.3. The van der Waals surface area contributed by atoms with Crippen molar-refractivity contribution in [2.45, 2.75) is 30.8 Å². The minimum atomic E-state index is -1.06. The average molecular weight is 651 g/mol. The molecule has 0 spiro atoms. The molecule has 1 aliphatic heterocycles. The van der Waals surface area contributed by atoms with Crippen molar-refractivity contribution in [2.75, 3.05) is 13.7 Å². The van der Waals surface area contributed by atoms with E-state index in [0.29, 0.717) is 22.5 Å². The van der Waals surface area contributed by atoms with Gasteiger partial charge in [0, 0.05) is 36.6 Å². The van der Waals surface area contributed by atoms with Crippen molar-refractivity contribution in [1.82, 2.24) is 19.4 Å². The Morgan fingerprint density at radius 2 is 1.91 bits per heavy atom. The molecule has 1 saturated carbocycles. The van der Waals surface area contributed by atoms with E-state index in [4.69, 9.17) is 32.9 Å². The van der Waals surface area contributed by atoms with E-state index >= 15 is 0 Å². The van der Waals surface area contributed by atoms with Gasteiger partial charge in [0.2, 0.25) is 5.91 Å². The molecule has 1 fully saturated rings. The van der Waals surface area contributed by atoms with E-state index in [1.165, 1.54) is 0 Å². The molecule has 4 aromatic rings. The average Bonchev–Trinajstić information content (AvgIpc) is 3.80. The van der Waals surface area contributed by atoms with Gasteiger partial charge in [-0.3, -0.25) is 9.79 Å². The fraction of sp³-hybridized carbons (Fsp3) is 0.243. The van der Waals surface area contributed by atoms with Crippen LogP contribution in [0.5, 0.6) is 5.75 Å². The van der Waals surface area contributed by atoms with E-state index in [9.17, 15) is 4.79 Å². The second-order valence-electron chi connectivity index (χ2n) is 12.0. The lowest BCUT2D eigenvalue weighted by Crippen LogP contribution is -2.46. The number of carbonyl (C=O) groups is 1. The molecule has 0 bridgehead atoms. The Bertz CT molecular complexity index is 1900. The monoisotopic (exact) mass is 649 g/mol. The minimum Gasteiger partial charge on any atom is -0.497 e. The first-order valence-corrected chi connectivity index (χ1v) is 16.1. The molecule has 3 aliphatic rings. The van der Waals surface area contributed by atoms with Gasteiger partial charge in [-0.1, -0.05) is 53.6 Å². The highest BCUT2D eigenvalue weighted by atomic mass is 35.5. The Morgan fingerprint density at radius 1 is 1.09 bits per heavy atom. The SMILES string of the molecule is COc1ccc(C=NC(C2=CC3=C(c4cccc(Cl)c4)CC(=O)N(CC4CC4)C3C=C2)(c2ccc(Cl)nc2)c2cncn2C)cc1. The maximum absolute atomic E-state index is 13.7. The molecule has 232 valence electrons. The van der Waals surface area contributed by atoms with E-state index in [2.05, 4.69) is 28.2 Å². The van der Waals surface area contributed by atoms with Crippen LogP contribution in [0.2, 0.25) is 10.2 Å². The third-order valence-corrected chi connectivity index (χ3v) is 9.48. The van der Waals surface area contributed by atoms with Crippen LogP contribution >= 0.6 is 23.2 Å². The summed E-state index contributed by atoms with van der Waals surface area (Å²) in [6.07, 6.45) is 16.4. The Balaban J connectivity index is 1.46. The Hall–Kier alpha value is -4.46. The summed E-state index contributed by atoms with van der Waals surface area (Å²) in [5.41, 5.74) is 5.42. The summed E-state index contributed by atoms with van der Waals surface area (Å²) < 4.78 is 7.36. The fourth-order valence-corrected chi connectivity index (χ4v) is 6.75. The number of methoxy groups -OCH3 is 1. The van der Waals surface area contributed by atoms with Gasteiger partial charge in [0.05, 0.1) is 37.8 Å². The summed E-state index contributed by atoms with van der Waals surface area (Å²) in [6, 6.07) is 19.1. The number of pyridine rings is 1. The fourth-order valence-electron chi connectivity index (χ4n) is 6.45. The second-order valence-corrected chi connectivity index (χ2v) is 12.8. The number of hydrogen-bond donors (Lipinski definition) is 0. The third kappa shape index (κ3) is 5.70. The van der Waals surface area contributed by atoms with Gasteiger partial charge in [-0.15, -0.1) is 0 Å². The Morgan fingerprint density at radius 3 is 2.59 bits per heavy atom. The molecule has 46 heavy (non-hydrogen) atoms. The van der Waals surface area contributed by atoms with Gasteiger partial charge in [0.15, 0.2) is 5.54 Å². The number of carbonyl (C=O) groups excluding carboxylic acids is 1. The molecule has 9 heteroatoms. The lowest BCUT2D eigenvalue weighted by atomic mass is 9.75. The second kappa shape index (κ2) is 12.4. The number of imidazole rings is 1. The first-order valence-electron chi connectivity index (χ1n) is 15.3. The third-order valence-electron chi connectivity index (χ3n) is 9.02. The summed E-state index contributed by atoms with van der Waals surface area (Å²) >= 11 is 12.8. The van der Waals surface area contributed by atoms with Crippen LogP contribution in [0.4, 0.5) is 0 Å². The van der Waals surface area contributed by atoms with Gasteiger partial charge < -0.3 is 14.2 Å². The number of amides is 1. The standard InChI is InChI=1S/C37H33Cl2N5O2/c1-43-23-40-21-34(43)37(28-11-15-35(39)41-20-28,42-19-24-8-12-30(46-2)13-9-24)27-10-14-33-32(17-27)31(26-4-3-5-29(38)16-26)18-36(45)44(33)22-25-6-7-25/h3-5,8-17,19-21,23,25,33H,6-7,18,22H2,1-2H3. The van der Waals surface area contributed by atoms with E-state index in [1.807, 2.05) is 83.5 Å². The molecular weight excluding hydrogens is 617 g/mol. The van der Waals surface area contributed by atoms with Crippen LogP contribution in [0.1, 0.15) is 41.6 Å². The molecule has 1 amide bonds. The molecular formula is C37H33Cl2N5O2. The first kappa shape index (κ1) is 30.2. The van der Waals surface area contributed by atoms with E-state index in [-0.39, 0.29) is 11.9 Å². The van der Waals surface area contributed by atoms with E-state index in [1.54, 1.807) is 25.7 Å². The molecule has 7 nitrogen and oxygen atoms in total. The highest BCUT2D eigenvalue weighted by Gasteiger charge is 2.44. The Labute approximate surface area is 278 Å². The summed E-state index contributed by atoms with van der Waals surface area (Å²) in [4.78, 5) is 30.1. The van der Waals surface area contributed by atoms with Gasteiger partial charge in [-0.25, -0.2) is 9.97 Å². The van der Waals surface area contributed by atoms with E-state index < -0.39 is 5.54 Å². The van der Waals surface area contributed by atoms with E-state index in [0.717, 1.165) is 64.2 Å². The van der Waals surface area contributed by atoms with Crippen molar-refractivity contribution in [1.29, 1.82) is 0 Å². The number of aryl methyl sites for hydroxylation is 1. The number of benzene rings is 2. The molecule has 7 rings (SSSR count). The zero-order valence-electron chi connectivity index (χ0n) is 25.6. The maximum atomic E-state index is 13.7. The van der Waals surface area contributed by atoms with Crippen molar-refractivity contribution in [2.24, 2.45) is 18.0 Å². The first-order chi connectivity index (χ1) is 22.4. The van der Waals surface area contributed by atoms with Gasteiger partial charge in [0.1, 0.15) is 10.9 Å². The zero-order chi connectivity index (χ0) is 31.8. The van der Waals surface area contributed by atoms with Crippen molar-refractivity contribution >= 4 is 40.9 Å². The minimum absolute atomic E-state index is 0.134. The molecule has 2 unspecified atom stereocenters. The highest BCUT2D eigenvalue weighted by molar-refractivity contribution is 6.30. The number of rotatable bonds is 9. The number of ether oxygens (including phenoxy) is 1. The maximum Gasteiger partial charge on any atom is 0.227 e. The number of hydrogen-bond acceptors (Lipinski definition) is 5. The largest absolute Gasteiger partial charge is 0.497 e. The number of halogens is 2. The summed E-state index contributed by atoms with van der Waals surface area (Å²) in [5.74, 6) is 1.46. The van der Waals surface area contributed by atoms with Gasteiger partial charge in [-0.05, 0) is 95.1 Å². The molecule has 2 aromatic carbocycles. The summed E-state index contributed by atoms with van der Waals surface area (Å²) in [6.45, 7) is 0.757. The topological polar surface area (TPSA) is 72.6 Å². The number of fused-ring (bicyclic) bond motifs is 1. The predicted octanol–water partition coefficient (Wildman–Crippen LogP) is 7.45. The van der Waals surface area contributed by atoms with Crippen molar-refractivity contribution in [3.8, 4) is 5.75 Å². The molecule has 2 aliphatic carbocycles. The molecule has 0 N–H and O–H groups in total. The molecule has 2 aromatic heterocycles. The van der Waals surface area contributed by atoms with Crippen LogP contribution in [0, 0.1) is 5.92 Å². The number of aromatic nitrogens is 3. The number of nitrogens with zero attached hydrogens (tertiary/aromatic N) is 5. The molecule has 2 atom stereocenters. The van der Waals surface area contributed by atoms with Crippen LogP contribution in [0.15, 0.2) is 114 Å². The van der Waals surface area contributed by atoms with Crippen LogP contribution in [0.25, 0.3) is 5.57 Å². The lowest BCUT2D eigenvalue weighted by Gasteiger charge is -2.41. The van der Waals surface area contributed by atoms with Crippen LogP contribution < -0.4 is 4.74 Å². The van der Waals surface area contributed by atoms with Crippen molar-refractivity contribution in [3.63, 3.8) is 0 Å². The van der Waals surface area contributed by atoms with Gasteiger partial charge >= 0.3 is 0 Å². The van der Waals surface area contributed by atoms with Gasteiger partial charge in [0.25, 0.3) is 0 Å². The molecule has 0 saturated heterocycles. The predicted molar refractivity (Wildman–Crippen MR) is 182 cm³/mol. The number of aliphatic imine (C=N–C) groups is 1.